The van der Waals surface area contributed by atoms with Crippen molar-refractivity contribution in [2.24, 2.45) is 0 Å². The minimum atomic E-state index is -1.81. The number of rotatable bonds is 6. The smallest absolute Gasteiger partial charge is 0.192 e. The molecule has 6 nitrogen and oxygen atoms in total. The summed E-state index contributed by atoms with van der Waals surface area (Å²) in [6.07, 6.45) is 3.05. The molecule has 37 heavy (non-hydrogen) atoms. The van der Waals surface area contributed by atoms with Crippen LogP contribution in [0.1, 0.15) is 63.4 Å². The molecule has 0 saturated heterocycles. The molecule has 0 spiro atoms. The Morgan fingerprint density at radius 3 is 2.49 bits per heavy atom. The van der Waals surface area contributed by atoms with Crippen LogP contribution in [0.25, 0.3) is 11.3 Å². The van der Waals surface area contributed by atoms with Crippen LogP contribution in [0, 0.1) is 11.3 Å². The summed E-state index contributed by atoms with van der Waals surface area (Å²) in [5.41, 5.74) is 3.50. The van der Waals surface area contributed by atoms with Gasteiger partial charge >= 0.3 is 0 Å². The first-order valence-corrected chi connectivity index (χ1v) is 17.0. The first-order valence-electron chi connectivity index (χ1n) is 13.2. The van der Waals surface area contributed by atoms with E-state index in [4.69, 9.17) is 14.6 Å². The Bertz CT molecular complexity index is 1330. The zero-order chi connectivity index (χ0) is 26.5. The molecular formula is C29H37N5OSSi. The second kappa shape index (κ2) is 9.37. The van der Waals surface area contributed by atoms with Crippen LogP contribution in [-0.2, 0) is 22.8 Å². The first-order chi connectivity index (χ1) is 17.5. The van der Waals surface area contributed by atoms with E-state index in [0.29, 0.717) is 5.69 Å². The Morgan fingerprint density at radius 1 is 1.11 bits per heavy atom. The molecule has 2 aromatic heterocycles. The molecule has 3 aromatic rings. The average molecular weight is 532 g/mol. The molecule has 1 aliphatic carbocycles. The van der Waals surface area contributed by atoms with Crippen LogP contribution < -0.4 is 0 Å². The normalized spacial score (nSPS) is 21.1. The minimum Gasteiger partial charge on any atom is -0.415 e. The highest BCUT2D eigenvalue weighted by Crippen LogP contribution is 2.53. The Balaban J connectivity index is 1.37. The largest absolute Gasteiger partial charge is 0.415 e. The Labute approximate surface area is 226 Å². The third kappa shape index (κ3) is 5.01. The molecule has 1 aromatic carbocycles. The van der Waals surface area contributed by atoms with E-state index < -0.39 is 8.32 Å². The lowest BCUT2D eigenvalue weighted by molar-refractivity contribution is 0.252. The van der Waals surface area contributed by atoms with E-state index in [1.54, 1.807) is 6.07 Å². The summed E-state index contributed by atoms with van der Waals surface area (Å²) in [5.74, 6) is 3.22. The lowest BCUT2D eigenvalue weighted by Gasteiger charge is -2.39. The molecule has 2 aliphatic rings. The van der Waals surface area contributed by atoms with Gasteiger partial charge in [-0.25, -0.2) is 4.98 Å². The SMILES string of the molecule is CC1(CO[Si](C)(C)C(C)(C)C)Cc2nnc(C3(c4ccc(-c5cccc(C#N)n5)cc4)CC3)n2CCS1. The van der Waals surface area contributed by atoms with Crippen molar-refractivity contribution in [3.63, 3.8) is 0 Å². The fourth-order valence-electron chi connectivity index (χ4n) is 4.85. The van der Waals surface area contributed by atoms with Gasteiger partial charge in [-0.1, -0.05) is 51.1 Å². The van der Waals surface area contributed by atoms with Gasteiger partial charge in [0.1, 0.15) is 23.4 Å². The Morgan fingerprint density at radius 2 is 1.84 bits per heavy atom. The van der Waals surface area contributed by atoms with Gasteiger partial charge in [0, 0.05) is 35.6 Å². The van der Waals surface area contributed by atoms with Crippen LogP contribution in [0.3, 0.4) is 0 Å². The second-order valence-corrected chi connectivity index (χ2v) is 18.8. The monoisotopic (exact) mass is 531 g/mol. The Hall–Kier alpha value is -2.47. The second-order valence-electron chi connectivity index (χ2n) is 12.3. The van der Waals surface area contributed by atoms with Gasteiger partial charge in [-0.05, 0) is 55.6 Å². The molecule has 3 heterocycles. The van der Waals surface area contributed by atoms with Crippen molar-refractivity contribution < 1.29 is 4.43 Å². The zero-order valence-corrected chi connectivity index (χ0v) is 24.7. The fourth-order valence-corrected chi connectivity index (χ4v) is 7.21. The molecule has 0 radical (unpaired) electrons. The van der Waals surface area contributed by atoms with Crippen molar-refractivity contribution in [2.45, 2.75) is 81.8 Å². The fraction of sp³-hybridized carbons (Fsp3) is 0.517. The molecule has 1 saturated carbocycles. The maximum atomic E-state index is 9.19. The predicted molar refractivity (Wildman–Crippen MR) is 152 cm³/mol. The molecule has 1 atom stereocenters. The number of fused-ring (bicyclic) bond motifs is 1. The number of benzene rings is 1. The van der Waals surface area contributed by atoms with Gasteiger partial charge in [0.2, 0.25) is 0 Å². The lowest BCUT2D eigenvalue weighted by Crippen LogP contribution is -2.45. The molecule has 0 bridgehead atoms. The molecule has 0 amide bonds. The van der Waals surface area contributed by atoms with Gasteiger partial charge < -0.3 is 8.99 Å². The van der Waals surface area contributed by atoms with E-state index in [9.17, 15) is 5.26 Å². The summed E-state index contributed by atoms with van der Waals surface area (Å²) < 4.78 is 9.05. The van der Waals surface area contributed by atoms with Crippen molar-refractivity contribution in [1.82, 2.24) is 19.7 Å². The predicted octanol–water partition coefficient (Wildman–Crippen LogP) is 6.36. The Kier molecular flexibility index (Phi) is 6.62. The van der Waals surface area contributed by atoms with E-state index in [1.165, 1.54) is 5.56 Å². The molecule has 1 fully saturated rings. The molecule has 194 valence electrons. The average Bonchev–Trinajstić information content (AvgIpc) is 3.62. The van der Waals surface area contributed by atoms with Crippen molar-refractivity contribution in [1.29, 1.82) is 5.26 Å². The first kappa shape index (κ1) is 26.1. The van der Waals surface area contributed by atoms with Crippen molar-refractivity contribution >= 4 is 20.1 Å². The maximum absolute atomic E-state index is 9.19. The summed E-state index contributed by atoms with van der Waals surface area (Å²) in [6.45, 7) is 15.6. The van der Waals surface area contributed by atoms with Gasteiger partial charge in [-0.2, -0.15) is 17.0 Å². The van der Waals surface area contributed by atoms with Crippen LogP contribution in [0.15, 0.2) is 42.5 Å². The number of hydrogen-bond acceptors (Lipinski definition) is 6. The van der Waals surface area contributed by atoms with Gasteiger partial charge in [0.05, 0.1) is 11.1 Å². The topological polar surface area (TPSA) is 76.6 Å². The van der Waals surface area contributed by atoms with Crippen LogP contribution in [0.2, 0.25) is 18.1 Å². The van der Waals surface area contributed by atoms with Gasteiger partial charge in [0.15, 0.2) is 8.32 Å². The number of nitrogens with zero attached hydrogens (tertiary/aromatic N) is 5. The summed E-state index contributed by atoms with van der Waals surface area (Å²) in [6, 6.07) is 16.3. The van der Waals surface area contributed by atoms with E-state index in [-0.39, 0.29) is 15.2 Å². The van der Waals surface area contributed by atoms with Gasteiger partial charge in [0.25, 0.3) is 0 Å². The highest BCUT2D eigenvalue weighted by molar-refractivity contribution is 8.00. The van der Waals surface area contributed by atoms with Crippen LogP contribution in [-0.4, -0.2) is 45.2 Å². The minimum absolute atomic E-state index is 0.00258. The summed E-state index contributed by atoms with van der Waals surface area (Å²) in [7, 11) is -1.81. The highest BCUT2D eigenvalue weighted by atomic mass is 32.2. The molecule has 1 aliphatic heterocycles. The van der Waals surface area contributed by atoms with Crippen LogP contribution >= 0.6 is 11.8 Å². The molecule has 8 heteroatoms. The number of hydrogen-bond donors (Lipinski definition) is 0. The number of pyridine rings is 1. The quantitative estimate of drug-likeness (QED) is 0.344. The molecule has 1 unspecified atom stereocenters. The molecule has 0 N–H and O–H groups in total. The van der Waals surface area contributed by atoms with E-state index in [2.05, 4.69) is 80.7 Å². The third-order valence-electron chi connectivity index (χ3n) is 8.44. The van der Waals surface area contributed by atoms with Crippen molar-refractivity contribution in [3.05, 3.63) is 65.4 Å². The summed E-state index contributed by atoms with van der Waals surface area (Å²) >= 11 is 2.02. The number of aromatic nitrogens is 4. The molecular weight excluding hydrogens is 495 g/mol. The lowest BCUT2D eigenvalue weighted by atomic mass is 9.93. The standard InChI is InChI=1S/C29H37N5OSSi/c1-27(2,3)37(5,6)35-20-28(4)18-25-32-33-26(34(25)16-17-36-28)29(14-15-29)22-12-10-21(11-13-22)24-9-7-8-23(19-30)31-24/h7-13H,14-18,20H2,1-6H3. The van der Waals surface area contributed by atoms with Crippen molar-refractivity contribution in [3.8, 4) is 17.3 Å². The van der Waals surface area contributed by atoms with E-state index in [0.717, 1.165) is 61.1 Å². The highest BCUT2D eigenvalue weighted by Gasteiger charge is 2.51. The van der Waals surface area contributed by atoms with Gasteiger partial charge in [-0.3, -0.25) is 0 Å². The number of thioether (sulfide) groups is 1. The third-order valence-corrected chi connectivity index (χ3v) is 14.3. The van der Waals surface area contributed by atoms with Crippen LogP contribution in [0.4, 0.5) is 0 Å². The van der Waals surface area contributed by atoms with Crippen LogP contribution in [0.5, 0.6) is 0 Å². The molecule has 5 rings (SSSR count). The summed E-state index contributed by atoms with van der Waals surface area (Å²) in [4.78, 5) is 4.45. The zero-order valence-electron chi connectivity index (χ0n) is 22.8. The summed E-state index contributed by atoms with van der Waals surface area (Å²) in [5, 5.41) is 18.9. The van der Waals surface area contributed by atoms with E-state index in [1.807, 2.05) is 23.9 Å². The number of nitriles is 1. The van der Waals surface area contributed by atoms with Gasteiger partial charge in [-0.15, -0.1) is 10.2 Å². The van der Waals surface area contributed by atoms with Crippen molar-refractivity contribution in [2.75, 3.05) is 12.4 Å². The van der Waals surface area contributed by atoms with E-state index >= 15 is 0 Å². The maximum Gasteiger partial charge on any atom is 0.192 e.